The van der Waals surface area contributed by atoms with Gasteiger partial charge in [0.2, 0.25) is 5.91 Å². The number of piperazine rings is 1. The summed E-state index contributed by atoms with van der Waals surface area (Å²) in [5.74, 6) is 0.166. The minimum atomic E-state index is -0.866. The minimum Gasteiger partial charge on any atom is -0.494 e. The van der Waals surface area contributed by atoms with Crippen LogP contribution in [0.4, 0.5) is 0 Å². The van der Waals surface area contributed by atoms with Crippen molar-refractivity contribution in [3.05, 3.63) is 29.8 Å². The minimum absolute atomic E-state index is 0.154. The van der Waals surface area contributed by atoms with Crippen LogP contribution in [0, 0.1) is 5.92 Å². The summed E-state index contributed by atoms with van der Waals surface area (Å²) in [7, 11) is 0. The molecule has 2 atom stereocenters. The highest BCUT2D eigenvalue weighted by Crippen LogP contribution is 2.18. The molecule has 0 spiro atoms. The van der Waals surface area contributed by atoms with Crippen molar-refractivity contribution in [2.45, 2.75) is 59.1 Å². The molecule has 0 aromatic heterocycles. The molecule has 0 bridgehead atoms. The number of amides is 2. The standard InChI is InChI=1S/C22H32N2O5/c1-5-16(4)29-20(25)14-19-21(26)23-11-12-24(19)22(27)17-6-8-18(9-7-17)28-13-10-15(2)3/h6-9,15-16,19H,5,10-14H2,1-4H3,(H,23,26). The second-order valence-electron chi connectivity index (χ2n) is 7.77. The Labute approximate surface area is 172 Å². The van der Waals surface area contributed by atoms with Crippen LogP contribution in [0.15, 0.2) is 24.3 Å². The summed E-state index contributed by atoms with van der Waals surface area (Å²) in [5.41, 5.74) is 0.455. The van der Waals surface area contributed by atoms with Gasteiger partial charge in [0.25, 0.3) is 5.91 Å². The van der Waals surface area contributed by atoms with Gasteiger partial charge in [-0.1, -0.05) is 20.8 Å². The van der Waals surface area contributed by atoms with Crippen molar-refractivity contribution in [3.8, 4) is 5.75 Å². The van der Waals surface area contributed by atoms with E-state index in [1.807, 2.05) is 6.92 Å². The van der Waals surface area contributed by atoms with Crippen LogP contribution in [0.3, 0.4) is 0 Å². The molecule has 1 fully saturated rings. The van der Waals surface area contributed by atoms with E-state index in [1.54, 1.807) is 31.2 Å². The lowest BCUT2D eigenvalue weighted by Crippen LogP contribution is -2.57. The van der Waals surface area contributed by atoms with E-state index in [0.29, 0.717) is 43.3 Å². The third kappa shape index (κ3) is 6.76. The van der Waals surface area contributed by atoms with E-state index < -0.39 is 12.0 Å². The number of carbonyl (C=O) groups is 3. The summed E-state index contributed by atoms with van der Waals surface area (Å²) in [5, 5.41) is 2.72. The van der Waals surface area contributed by atoms with Gasteiger partial charge in [0.1, 0.15) is 11.8 Å². The molecular weight excluding hydrogens is 372 g/mol. The van der Waals surface area contributed by atoms with Crippen LogP contribution >= 0.6 is 0 Å². The predicted molar refractivity (Wildman–Crippen MR) is 110 cm³/mol. The summed E-state index contributed by atoms with van der Waals surface area (Å²) in [4.78, 5) is 38.9. The third-order valence-corrected chi connectivity index (χ3v) is 4.92. The highest BCUT2D eigenvalue weighted by molar-refractivity contribution is 5.99. The summed E-state index contributed by atoms with van der Waals surface area (Å²) >= 11 is 0. The summed E-state index contributed by atoms with van der Waals surface area (Å²) in [6.07, 6.45) is 1.27. The van der Waals surface area contributed by atoms with Crippen LogP contribution in [0.2, 0.25) is 0 Å². The molecule has 1 aliphatic heterocycles. The smallest absolute Gasteiger partial charge is 0.308 e. The molecule has 1 heterocycles. The Hall–Kier alpha value is -2.57. The Kier molecular flexibility index (Phi) is 8.49. The van der Waals surface area contributed by atoms with Crippen molar-refractivity contribution in [3.63, 3.8) is 0 Å². The SMILES string of the molecule is CCC(C)OC(=O)CC1C(=O)NCCN1C(=O)c1ccc(OCCC(C)C)cc1. The molecule has 0 aliphatic carbocycles. The van der Waals surface area contributed by atoms with Crippen molar-refractivity contribution < 1.29 is 23.9 Å². The maximum atomic E-state index is 13.0. The van der Waals surface area contributed by atoms with Gasteiger partial charge in [0, 0.05) is 18.7 Å². The van der Waals surface area contributed by atoms with E-state index in [-0.39, 0.29) is 24.3 Å². The Bertz CT molecular complexity index is 702. The molecule has 2 amide bonds. The lowest BCUT2D eigenvalue weighted by molar-refractivity contribution is -0.151. The van der Waals surface area contributed by atoms with Crippen molar-refractivity contribution >= 4 is 17.8 Å². The van der Waals surface area contributed by atoms with Crippen LogP contribution in [0.25, 0.3) is 0 Å². The zero-order chi connectivity index (χ0) is 21.4. The van der Waals surface area contributed by atoms with E-state index in [0.717, 1.165) is 6.42 Å². The van der Waals surface area contributed by atoms with Crippen molar-refractivity contribution in [1.82, 2.24) is 10.2 Å². The average molecular weight is 405 g/mol. The highest BCUT2D eigenvalue weighted by atomic mass is 16.5. The van der Waals surface area contributed by atoms with Gasteiger partial charge in [0.15, 0.2) is 0 Å². The van der Waals surface area contributed by atoms with Crippen LogP contribution in [0.1, 0.15) is 57.3 Å². The van der Waals surface area contributed by atoms with Gasteiger partial charge in [-0.2, -0.15) is 0 Å². The van der Waals surface area contributed by atoms with Crippen molar-refractivity contribution in [2.75, 3.05) is 19.7 Å². The Balaban J connectivity index is 2.04. The summed E-state index contributed by atoms with van der Waals surface area (Å²) < 4.78 is 11.0. The van der Waals surface area contributed by atoms with Crippen LogP contribution < -0.4 is 10.1 Å². The number of hydrogen-bond donors (Lipinski definition) is 1. The van der Waals surface area contributed by atoms with Gasteiger partial charge in [-0.05, 0) is 49.9 Å². The number of hydrogen-bond acceptors (Lipinski definition) is 5. The molecule has 2 unspecified atom stereocenters. The van der Waals surface area contributed by atoms with Gasteiger partial charge < -0.3 is 19.7 Å². The van der Waals surface area contributed by atoms with Gasteiger partial charge in [-0.15, -0.1) is 0 Å². The Morgan fingerprint density at radius 1 is 1.21 bits per heavy atom. The molecule has 0 saturated carbocycles. The largest absolute Gasteiger partial charge is 0.494 e. The van der Waals surface area contributed by atoms with Gasteiger partial charge >= 0.3 is 5.97 Å². The molecule has 1 N–H and O–H groups in total. The Morgan fingerprint density at radius 3 is 2.52 bits per heavy atom. The maximum absolute atomic E-state index is 13.0. The first kappa shape index (κ1) is 22.7. The van der Waals surface area contributed by atoms with E-state index in [1.165, 1.54) is 4.90 Å². The monoisotopic (exact) mass is 404 g/mol. The number of carbonyl (C=O) groups excluding carboxylic acids is 3. The first-order valence-electron chi connectivity index (χ1n) is 10.3. The van der Waals surface area contributed by atoms with Gasteiger partial charge in [-0.25, -0.2) is 0 Å². The molecule has 7 heteroatoms. The number of ether oxygens (including phenoxy) is 2. The fourth-order valence-corrected chi connectivity index (χ4v) is 2.95. The van der Waals surface area contributed by atoms with Gasteiger partial charge in [-0.3, -0.25) is 14.4 Å². The van der Waals surface area contributed by atoms with Crippen molar-refractivity contribution in [2.24, 2.45) is 5.92 Å². The number of nitrogens with one attached hydrogen (secondary N) is 1. The van der Waals surface area contributed by atoms with Crippen LogP contribution in [-0.2, 0) is 14.3 Å². The van der Waals surface area contributed by atoms with Crippen molar-refractivity contribution in [1.29, 1.82) is 0 Å². The third-order valence-electron chi connectivity index (χ3n) is 4.92. The normalized spacial score (nSPS) is 17.6. The lowest BCUT2D eigenvalue weighted by atomic mass is 10.1. The van der Waals surface area contributed by atoms with Gasteiger partial charge in [0.05, 0.1) is 19.1 Å². The second kappa shape index (κ2) is 10.8. The molecule has 1 aromatic rings. The van der Waals surface area contributed by atoms with Crippen LogP contribution in [-0.4, -0.2) is 54.5 Å². The summed E-state index contributed by atoms with van der Waals surface area (Å²) in [6, 6.07) is 6.02. The molecule has 1 aromatic carbocycles. The highest BCUT2D eigenvalue weighted by Gasteiger charge is 2.35. The first-order chi connectivity index (χ1) is 13.8. The zero-order valence-electron chi connectivity index (χ0n) is 17.8. The number of nitrogens with zero attached hydrogens (tertiary/aromatic N) is 1. The molecule has 29 heavy (non-hydrogen) atoms. The second-order valence-corrected chi connectivity index (χ2v) is 7.77. The van der Waals surface area contributed by atoms with E-state index in [2.05, 4.69) is 19.2 Å². The van der Waals surface area contributed by atoms with E-state index in [9.17, 15) is 14.4 Å². The van der Waals surface area contributed by atoms with E-state index in [4.69, 9.17) is 9.47 Å². The Morgan fingerprint density at radius 2 is 1.90 bits per heavy atom. The fraction of sp³-hybridized carbons (Fsp3) is 0.591. The predicted octanol–water partition coefficient (Wildman–Crippen LogP) is 2.78. The maximum Gasteiger partial charge on any atom is 0.308 e. The van der Waals surface area contributed by atoms with Crippen LogP contribution in [0.5, 0.6) is 5.75 Å². The van der Waals surface area contributed by atoms with E-state index >= 15 is 0 Å². The number of esters is 1. The molecular formula is C22H32N2O5. The lowest BCUT2D eigenvalue weighted by Gasteiger charge is -2.34. The average Bonchev–Trinajstić information content (AvgIpc) is 2.69. The molecule has 0 radical (unpaired) electrons. The topological polar surface area (TPSA) is 84.9 Å². The molecule has 1 saturated heterocycles. The number of benzene rings is 1. The number of rotatable bonds is 9. The molecule has 2 rings (SSSR count). The molecule has 160 valence electrons. The molecule has 7 nitrogen and oxygen atoms in total. The summed E-state index contributed by atoms with van der Waals surface area (Å²) in [6.45, 7) is 9.31. The quantitative estimate of drug-likeness (QED) is 0.640. The molecule has 1 aliphatic rings. The fourth-order valence-electron chi connectivity index (χ4n) is 2.95. The first-order valence-corrected chi connectivity index (χ1v) is 10.3. The zero-order valence-corrected chi connectivity index (χ0v) is 17.8.